The predicted molar refractivity (Wildman–Crippen MR) is 106 cm³/mol. The third-order valence-corrected chi connectivity index (χ3v) is 4.70. The maximum atomic E-state index is 13.0. The molecular weight excluding hydrogens is 377 g/mol. The van der Waals surface area contributed by atoms with Gasteiger partial charge in [0.1, 0.15) is 5.82 Å². The van der Waals surface area contributed by atoms with Crippen molar-refractivity contribution in [2.75, 3.05) is 6.54 Å². The summed E-state index contributed by atoms with van der Waals surface area (Å²) < 4.78 is 19.6. The van der Waals surface area contributed by atoms with Gasteiger partial charge in [-0.25, -0.2) is 9.18 Å². The molecule has 3 aromatic rings. The molecule has 2 aromatic carbocycles. The van der Waals surface area contributed by atoms with Crippen LogP contribution in [0.4, 0.5) is 4.39 Å². The fraction of sp³-hybridized carbons (Fsp3) is 0.286. The Kier molecular flexibility index (Phi) is 6.43. The molecule has 29 heavy (non-hydrogen) atoms. The van der Waals surface area contributed by atoms with Crippen LogP contribution in [0.5, 0.6) is 0 Å². The second kappa shape index (κ2) is 9.18. The fourth-order valence-corrected chi connectivity index (χ4v) is 3.13. The second-order valence-electron chi connectivity index (χ2n) is 6.82. The number of nitrogens with two attached hydrogens (primary N) is 1. The number of carbonyl (C=O) groups excluding carboxylic acids is 2. The largest absolute Gasteiger partial charge is 0.419 e. The number of fused-ring (bicyclic) bond motifs is 1. The smallest absolute Gasteiger partial charge is 0.408 e. The summed E-state index contributed by atoms with van der Waals surface area (Å²) in [6, 6.07) is 12.9. The highest BCUT2D eigenvalue weighted by Crippen LogP contribution is 2.13. The Balaban J connectivity index is 1.49. The number of hydrogen-bond donors (Lipinski definition) is 2. The Morgan fingerprint density at radius 2 is 1.86 bits per heavy atom. The third kappa shape index (κ3) is 5.31. The van der Waals surface area contributed by atoms with Crippen LogP contribution in [0, 0.1) is 11.7 Å². The summed E-state index contributed by atoms with van der Waals surface area (Å²) >= 11 is 0. The topological polar surface area (TPSA) is 107 Å². The van der Waals surface area contributed by atoms with Crippen LogP contribution in [0.25, 0.3) is 11.1 Å². The molecule has 0 aliphatic heterocycles. The fourth-order valence-electron chi connectivity index (χ4n) is 3.13. The van der Waals surface area contributed by atoms with Crippen LogP contribution in [0.3, 0.4) is 0 Å². The Hall–Kier alpha value is -3.42. The minimum absolute atomic E-state index is 0.0974. The zero-order valence-electron chi connectivity index (χ0n) is 15.8. The van der Waals surface area contributed by atoms with Gasteiger partial charge in [-0.15, -0.1) is 0 Å². The molecule has 3 N–H and O–H groups in total. The first-order valence-corrected chi connectivity index (χ1v) is 9.33. The quantitative estimate of drug-likeness (QED) is 0.574. The number of nitrogens with one attached hydrogen (secondary N) is 1. The number of rotatable bonds is 9. The SMILES string of the molecule is NC(=O)[C@@H](CNC(=O)CCCn1c(=O)oc2ccccc21)Cc1ccc(F)cc1. The van der Waals surface area contributed by atoms with E-state index in [-0.39, 0.29) is 24.7 Å². The second-order valence-corrected chi connectivity index (χ2v) is 6.82. The Bertz CT molecular complexity index is 1060. The lowest BCUT2D eigenvalue weighted by molar-refractivity contribution is -0.123. The van der Waals surface area contributed by atoms with Crippen LogP contribution in [-0.4, -0.2) is 22.9 Å². The summed E-state index contributed by atoms with van der Waals surface area (Å²) in [4.78, 5) is 35.7. The highest BCUT2D eigenvalue weighted by atomic mass is 19.1. The number of nitrogens with zero attached hydrogens (tertiary/aromatic N) is 1. The molecule has 0 fully saturated rings. The van der Waals surface area contributed by atoms with Crippen molar-refractivity contribution in [1.82, 2.24) is 9.88 Å². The van der Waals surface area contributed by atoms with E-state index < -0.39 is 17.6 Å². The molecular formula is C21H22FN3O4. The third-order valence-electron chi connectivity index (χ3n) is 4.70. The van der Waals surface area contributed by atoms with Crippen molar-refractivity contribution in [3.05, 3.63) is 70.5 Å². The Morgan fingerprint density at radius 3 is 2.59 bits per heavy atom. The first-order valence-electron chi connectivity index (χ1n) is 9.33. The highest BCUT2D eigenvalue weighted by molar-refractivity contribution is 5.80. The van der Waals surface area contributed by atoms with E-state index >= 15 is 0 Å². The molecule has 152 valence electrons. The maximum absolute atomic E-state index is 13.0. The minimum Gasteiger partial charge on any atom is -0.408 e. The van der Waals surface area contributed by atoms with E-state index in [0.717, 1.165) is 5.56 Å². The van der Waals surface area contributed by atoms with E-state index in [2.05, 4.69) is 5.32 Å². The van der Waals surface area contributed by atoms with E-state index in [1.807, 2.05) is 6.07 Å². The minimum atomic E-state index is -0.593. The molecule has 2 amide bonds. The van der Waals surface area contributed by atoms with Crippen LogP contribution in [0.1, 0.15) is 18.4 Å². The van der Waals surface area contributed by atoms with E-state index in [4.69, 9.17) is 10.2 Å². The van der Waals surface area contributed by atoms with Crippen LogP contribution in [0.2, 0.25) is 0 Å². The number of amides is 2. The number of carbonyl (C=O) groups is 2. The summed E-state index contributed by atoms with van der Waals surface area (Å²) in [5.74, 6) is -2.19. The van der Waals surface area contributed by atoms with Crippen LogP contribution >= 0.6 is 0 Å². The van der Waals surface area contributed by atoms with Gasteiger partial charge in [0.15, 0.2) is 5.58 Å². The highest BCUT2D eigenvalue weighted by Gasteiger charge is 2.17. The van der Waals surface area contributed by atoms with Gasteiger partial charge < -0.3 is 15.5 Å². The molecule has 0 saturated carbocycles. The molecule has 8 heteroatoms. The first kappa shape index (κ1) is 20.3. The summed E-state index contributed by atoms with van der Waals surface area (Å²) in [6.07, 6.45) is 0.939. The Morgan fingerprint density at radius 1 is 1.14 bits per heavy atom. The first-order chi connectivity index (χ1) is 13.9. The molecule has 0 spiro atoms. The lowest BCUT2D eigenvalue weighted by Crippen LogP contribution is -2.37. The van der Waals surface area contributed by atoms with Crippen LogP contribution < -0.4 is 16.8 Å². The van der Waals surface area contributed by atoms with Crippen LogP contribution in [-0.2, 0) is 22.6 Å². The summed E-state index contributed by atoms with van der Waals surface area (Å²) in [6.45, 7) is 0.443. The number of primary amides is 1. The number of aromatic nitrogens is 1. The number of hydrogen-bond acceptors (Lipinski definition) is 4. The molecule has 0 radical (unpaired) electrons. The monoisotopic (exact) mass is 399 g/mol. The van der Waals surface area contributed by atoms with Crippen LogP contribution in [0.15, 0.2) is 57.7 Å². The maximum Gasteiger partial charge on any atom is 0.419 e. The number of oxazole rings is 1. The van der Waals surface area contributed by atoms with Gasteiger partial charge in [0.05, 0.1) is 11.4 Å². The van der Waals surface area contributed by atoms with E-state index in [1.165, 1.54) is 16.7 Å². The molecule has 0 aliphatic rings. The van der Waals surface area contributed by atoms with Gasteiger partial charge in [-0.05, 0) is 42.7 Å². The lowest BCUT2D eigenvalue weighted by Gasteiger charge is -2.14. The van der Waals surface area contributed by atoms with E-state index in [0.29, 0.717) is 30.5 Å². The van der Waals surface area contributed by atoms with Crippen molar-refractivity contribution in [2.45, 2.75) is 25.8 Å². The predicted octanol–water partition coefficient (Wildman–Crippen LogP) is 1.97. The van der Waals surface area contributed by atoms with Gasteiger partial charge in [0.25, 0.3) is 0 Å². The molecule has 3 rings (SSSR count). The van der Waals surface area contributed by atoms with Gasteiger partial charge in [-0.2, -0.15) is 0 Å². The van der Waals surface area contributed by atoms with Gasteiger partial charge in [0, 0.05) is 19.5 Å². The zero-order chi connectivity index (χ0) is 20.8. The number of benzene rings is 2. The van der Waals surface area contributed by atoms with E-state index in [9.17, 15) is 18.8 Å². The van der Waals surface area contributed by atoms with Gasteiger partial charge in [-0.1, -0.05) is 24.3 Å². The average Bonchev–Trinajstić information content (AvgIpc) is 3.01. The average molecular weight is 399 g/mol. The van der Waals surface area contributed by atoms with E-state index in [1.54, 1.807) is 30.3 Å². The normalized spacial score (nSPS) is 12.0. The van der Waals surface area contributed by atoms with Crippen molar-refractivity contribution in [3.63, 3.8) is 0 Å². The lowest BCUT2D eigenvalue weighted by atomic mass is 9.98. The standard InChI is InChI=1S/C21H22FN3O4/c22-16-9-7-14(8-10-16)12-15(20(23)27)13-24-19(26)6-3-11-25-17-4-1-2-5-18(17)29-21(25)28/h1-2,4-5,7-10,15H,3,6,11-13H2,(H2,23,27)(H,24,26)/t15-/m1/s1. The number of halogens is 1. The molecule has 0 saturated heterocycles. The van der Waals surface area contributed by atoms with Crippen molar-refractivity contribution in [2.24, 2.45) is 11.7 Å². The Labute approximate surface area is 166 Å². The van der Waals surface area contributed by atoms with Crippen molar-refractivity contribution < 1.29 is 18.4 Å². The van der Waals surface area contributed by atoms with Crippen molar-refractivity contribution in [1.29, 1.82) is 0 Å². The molecule has 0 bridgehead atoms. The zero-order valence-corrected chi connectivity index (χ0v) is 15.8. The molecule has 0 unspecified atom stereocenters. The summed E-state index contributed by atoms with van der Waals surface area (Å²) in [7, 11) is 0. The molecule has 1 atom stereocenters. The molecule has 1 aromatic heterocycles. The molecule has 0 aliphatic carbocycles. The van der Waals surface area contributed by atoms with Gasteiger partial charge >= 0.3 is 5.76 Å². The molecule has 7 nitrogen and oxygen atoms in total. The van der Waals surface area contributed by atoms with Gasteiger partial charge in [0.2, 0.25) is 11.8 Å². The van der Waals surface area contributed by atoms with Crippen molar-refractivity contribution >= 4 is 22.9 Å². The number of para-hydroxylation sites is 2. The summed E-state index contributed by atoms with van der Waals surface area (Å²) in [5.41, 5.74) is 7.37. The summed E-state index contributed by atoms with van der Waals surface area (Å²) in [5, 5.41) is 2.70. The number of aryl methyl sites for hydroxylation is 1. The molecule has 1 heterocycles. The van der Waals surface area contributed by atoms with Crippen molar-refractivity contribution in [3.8, 4) is 0 Å². The van der Waals surface area contributed by atoms with Gasteiger partial charge in [-0.3, -0.25) is 14.2 Å².